The third kappa shape index (κ3) is 6.84. The Balaban J connectivity index is 1.47. The first-order valence-corrected chi connectivity index (χ1v) is 16.4. The highest BCUT2D eigenvalue weighted by molar-refractivity contribution is 7.92. The Morgan fingerprint density at radius 2 is 1.77 bits per heavy atom. The van der Waals surface area contributed by atoms with Crippen LogP contribution in [-0.4, -0.2) is 50.2 Å². The number of rotatable bonds is 12. The number of aromatic nitrogens is 2. The van der Waals surface area contributed by atoms with Gasteiger partial charge in [0.25, 0.3) is 5.91 Å². The quantitative estimate of drug-likeness (QED) is 0.105. The molecule has 13 heteroatoms. The Kier molecular flexibility index (Phi) is 8.97. The molecule has 3 N–H and O–H groups in total. The van der Waals surface area contributed by atoms with Crippen molar-refractivity contribution in [2.75, 3.05) is 30.6 Å². The number of hydrogen-bond acceptors (Lipinski definition) is 9. The first kappa shape index (κ1) is 31.4. The molecule has 6 aromatic rings. The Bertz CT molecular complexity index is 2210. The van der Waals surface area contributed by atoms with E-state index in [2.05, 4.69) is 25.3 Å². The van der Waals surface area contributed by atoms with E-state index in [1.165, 1.54) is 31.3 Å². The van der Waals surface area contributed by atoms with Gasteiger partial charge in [-0.15, -0.1) is 0 Å². The first-order valence-electron chi connectivity index (χ1n) is 14.8. The summed E-state index contributed by atoms with van der Waals surface area (Å²) in [6, 6.07) is 21.5. The average molecular weight is 653 g/mol. The number of anilines is 1. The van der Waals surface area contributed by atoms with Crippen molar-refractivity contribution in [3.63, 3.8) is 0 Å². The second-order valence-electron chi connectivity index (χ2n) is 10.7. The monoisotopic (exact) mass is 652 g/mol. The van der Waals surface area contributed by atoms with Crippen molar-refractivity contribution in [1.82, 2.24) is 20.6 Å². The first-order chi connectivity index (χ1) is 22.8. The fraction of sp³-hybridized carbons (Fsp3) is 0.176. The normalized spacial score (nSPS) is 11.5. The lowest BCUT2D eigenvalue weighted by Gasteiger charge is -2.14. The molecule has 47 heavy (non-hydrogen) atoms. The summed E-state index contributed by atoms with van der Waals surface area (Å²) >= 11 is 0. The van der Waals surface area contributed by atoms with Gasteiger partial charge in [-0.05, 0) is 79.5 Å². The van der Waals surface area contributed by atoms with Crippen molar-refractivity contribution in [1.29, 1.82) is 5.26 Å². The highest BCUT2D eigenvalue weighted by atomic mass is 32.2. The van der Waals surface area contributed by atoms with Crippen LogP contribution in [0.3, 0.4) is 0 Å². The molecule has 3 aromatic heterocycles. The molecule has 0 aliphatic rings. The van der Waals surface area contributed by atoms with Gasteiger partial charge in [-0.2, -0.15) is 10.2 Å². The number of furan rings is 1. The van der Waals surface area contributed by atoms with E-state index in [1.54, 1.807) is 36.5 Å². The van der Waals surface area contributed by atoms with Crippen molar-refractivity contribution >= 4 is 43.8 Å². The molecule has 0 unspecified atom stereocenters. The summed E-state index contributed by atoms with van der Waals surface area (Å²) < 4.78 is 55.2. The lowest BCUT2D eigenvalue weighted by Crippen LogP contribution is -2.20. The zero-order valence-corrected chi connectivity index (χ0v) is 26.0. The van der Waals surface area contributed by atoms with Crippen LogP contribution in [-0.2, 0) is 10.0 Å². The van der Waals surface area contributed by atoms with Crippen LogP contribution in [0.5, 0.6) is 0 Å². The van der Waals surface area contributed by atoms with Gasteiger partial charge in [-0.1, -0.05) is 12.1 Å². The molecule has 0 bridgehead atoms. The Morgan fingerprint density at radius 3 is 2.53 bits per heavy atom. The van der Waals surface area contributed by atoms with E-state index in [9.17, 15) is 17.6 Å². The van der Waals surface area contributed by atoms with E-state index in [-0.39, 0.29) is 34.9 Å². The van der Waals surface area contributed by atoms with Gasteiger partial charge in [0.2, 0.25) is 15.9 Å². The fourth-order valence-electron chi connectivity index (χ4n) is 5.24. The lowest BCUT2D eigenvalue weighted by atomic mass is 9.97. The number of benzene rings is 3. The Labute approximate surface area is 269 Å². The second kappa shape index (κ2) is 13.4. The van der Waals surface area contributed by atoms with E-state index in [0.29, 0.717) is 64.1 Å². The minimum absolute atomic E-state index is 0.156. The predicted octanol–water partition coefficient (Wildman–Crippen LogP) is 6.10. The van der Waals surface area contributed by atoms with Crippen molar-refractivity contribution in [3.8, 4) is 40.0 Å². The van der Waals surface area contributed by atoms with E-state index >= 15 is 0 Å². The van der Waals surface area contributed by atoms with Gasteiger partial charge in [-0.3, -0.25) is 9.52 Å². The molecule has 0 spiro atoms. The van der Waals surface area contributed by atoms with Crippen molar-refractivity contribution in [2.45, 2.75) is 12.8 Å². The van der Waals surface area contributed by atoms with Crippen LogP contribution in [0, 0.1) is 17.1 Å². The van der Waals surface area contributed by atoms with Crippen molar-refractivity contribution in [3.05, 3.63) is 90.4 Å². The van der Waals surface area contributed by atoms with Gasteiger partial charge >= 0.3 is 0 Å². The van der Waals surface area contributed by atoms with Crippen LogP contribution < -0.4 is 15.4 Å². The number of nitrogens with zero attached hydrogens (tertiary/aromatic N) is 3. The molecule has 0 aliphatic heterocycles. The number of carbonyl (C=O) groups excluding carboxylic acids is 1. The number of sulfonamides is 1. The van der Waals surface area contributed by atoms with Gasteiger partial charge in [-0.25, -0.2) is 17.8 Å². The molecule has 11 nitrogen and oxygen atoms in total. The van der Waals surface area contributed by atoms with E-state index in [0.717, 1.165) is 0 Å². The molecular weight excluding hydrogens is 623 g/mol. The van der Waals surface area contributed by atoms with E-state index < -0.39 is 21.7 Å². The number of unbranched alkanes of at least 4 members (excludes halogenated alkanes) is 1. The SMILES string of the molecule is CNC(=O)c1c(-c2ccc(F)cc2)oc2cc(NS(=O)(=O)CCCCNCC#N)c(-c3cccc(-c4nc5ncccc5o4)c3)cc12. The minimum atomic E-state index is -3.83. The highest BCUT2D eigenvalue weighted by Crippen LogP contribution is 2.41. The maximum Gasteiger partial charge on any atom is 0.255 e. The number of amides is 1. The molecule has 3 heterocycles. The van der Waals surface area contributed by atoms with Crippen molar-refractivity contribution < 1.29 is 26.4 Å². The zero-order chi connectivity index (χ0) is 33.0. The molecule has 6 rings (SSSR count). The molecule has 0 saturated carbocycles. The number of nitrogens with one attached hydrogen (secondary N) is 3. The third-order valence-electron chi connectivity index (χ3n) is 7.46. The smallest absolute Gasteiger partial charge is 0.255 e. The van der Waals surface area contributed by atoms with E-state index in [4.69, 9.17) is 14.1 Å². The van der Waals surface area contributed by atoms with Crippen LogP contribution in [0.1, 0.15) is 23.2 Å². The summed E-state index contributed by atoms with van der Waals surface area (Å²) in [5.41, 5.74) is 3.88. The molecule has 0 radical (unpaired) electrons. The molecule has 0 saturated heterocycles. The summed E-state index contributed by atoms with van der Waals surface area (Å²) in [5.74, 6) is -0.484. The molecular formula is C34H29FN6O5S. The number of nitriles is 1. The van der Waals surface area contributed by atoms with Crippen LogP contribution in [0.4, 0.5) is 10.1 Å². The molecule has 0 aliphatic carbocycles. The number of fused-ring (bicyclic) bond motifs is 2. The van der Waals surface area contributed by atoms with Gasteiger partial charge in [0.1, 0.15) is 17.2 Å². The topological polar surface area (TPSA) is 163 Å². The third-order valence-corrected chi connectivity index (χ3v) is 8.82. The molecule has 0 atom stereocenters. The largest absolute Gasteiger partial charge is 0.455 e. The van der Waals surface area contributed by atoms with Gasteiger partial charge < -0.3 is 19.5 Å². The standard InChI is InChI=1S/C34H29FN6O5S/c1-37-33(42)30-26-19-25(22-6-4-7-23(18-22)34-40-32-28(46-34)8-5-15-39-32)27(41-47(43,44)17-3-2-14-38-16-13-36)20-29(26)45-31(30)21-9-11-24(35)12-10-21/h4-12,15,18-20,38,41H,2-3,14,16-17H2,1H3,(H,37,42). The maximum absolute atomic E-state index is 13.8. The summed E-state index contributed by atoms with van der Waals surface area (Å²) in [6.07, 6.45) is 2.55. The Hall–Kier alpha value is -5.58. The summed E-state index contributed by atoms with van der Waals surface area (Å²) in [5, 5.41) is 14.7. The summed E-state index contributed by atoms with van der Waals surface area (Å²) in [7, 11) is -2.34. The molecule has 1 amide bonds. The van der Waals surface area contributed by atoms with Gasteiger partial charge in [0.05, 0.1) is 29.6 Å². The number of halogens is 1. The number of hydrogen-bond donors (Lipinski definition) is 3. The van der Waals surface area contributed by atoms with Crippen LogP contribution in [0.15, 0.2) is 87.8 Å². The predicted molar refractivity (Wildman–Crippen MR) is 176 cm³/mol. The number of pyridine rings is 1. The minimum Gasteiger partial charge on any atom is -0.455 e. The van der Waals surface area contributed by atoms with Crippen LogP contribution in [0.25, 0.3) is 56.1 Å². The summed E-state index contributed by atoms with van der Waals surface area (Å²) in [6.45, 7) is 0.702. The number of oxazole rings is 1. The molecule has 0 fully saturated rings. The second-order valence-corrected chi connectivity index (χ2v) is 12.5. The zero-order valence-electron chi connectivity index (χ0n) is 25.2. The molecule has 238 valence electrons. The van der Waals surface area contributed by atoms with Crippen molar-refractivity contribution in [2.24, 2.45) is 0 Å². The Morgan fingerprint density at radius 1 is 0.957 bits per heavy atom. The van der Waals surface area contributed by atoms with E-state index in [1.807, 2.05) is 24.3 Å². The lowest BCUT2D eigenvalue weighted by molar-refractivity contribution is 0.0964. The maximum atomic E-state index is 13.8. The van der Waals surface area contributed by atoms with Crippen LogP contribution in [0.2, 0.25) is 0 Å². The summed E-state index contributed by atoms with van der Waals surface area (Å²) in [4.78, 5) is 22.0. The van der Waals surface area contributed by atoms with Gasteiger partial charge in [0.15, 0.2) is 11.2 Å². The average Bonchev–Trinajstić information content (AvgIpc) is 3.68. The fourth-order valence-corrected chi connectivity index (χ4v) is 6.43. The molecule has 3 aromatic carbocycles. The van der Waals surface area contributed by atoms with Gasteiger partial charge in [0, 0.05) is 41.4 Å². The number of carbonyl (C=O) groups is 1. The highest BCUT2D eigenvalue weighted by Gasteiger charge is 2.25. The van der Waals surface area contributed by atoms with Crippen LogP contribution >= 0.6 is 0 Å².